The molecule has 2 N–H and O–H groups in total. The Morgan fingerprint density at radius 2 is 1.82 bits per heavy atom. The summed E-state index contributed by atoms with van der Waals surface area (Å²) in [5.74, 6) is 5.44. The Morgan fingerprint density at radius 1 is 1.27 bits per heavy atom. The van der Waals surface area contributed by atoms with Crippen LogP contribution in [-0.2, 0) is 10.0 Å². The number of hydrogen-bond acceptors (Lipinski definition) is 3. The molecule has 68 valence electrons. The van der Waals surface area contributed by atoms with Crippen LogP contribution in [0.15, 0.2) is 0 Å². The third-order valence-electron chi connectivity index (χ3n) is 1.26. The normalized spacial score (nSPS) is 12.4. The number of nitrogens with zero attached hydrogens (tertiary/aromatic N) is 1. The van der Waals surface area contributed by atoms with Gasteiger partial charge in [0.05, 0.1) is 5.75 Å². The first-order chi connectivity index (χ1) is 5.04. The fraction of sp³-hybridized carbons (Fsp3) is 1.00. The Hall–Kier alpha value is -0.130. The van der Waals surface area contributed by atoms with Gasteiger partial charge in [0, 0.05) is 6.54 Å². The van der Waals surface area contributed by atoms with Gasteiger partial charge < -0.3 is 0 Å². The summed E-state index contributed by atoms with van der Waals surface area (Å²) >= 11 is 0. The maximum Gasteiger partial charge on any atom is 0.226 e. The van der Waals surface area contributed by atoms with Crippen LogP contribution in [0.5, 0.6) is 0 Å². The summed E-state index contributed by atoms with van der Waals surface area (Å²) in [6.07, 6.45) is 1.36. The minimum absolute atomic E-state index is 0.142. The van der Waals surface area contributed by atoms with E-state index >= 15 is 0 Å². The second kappa shape index (κ2) is 4.69. The van der Waals surface area contributed by atoms with Crippen molar-refractivity contribution >= 4 is 10.0 Å². The van der Waals surface area contributed by atoms with Crippen LogP contribution in [0, 0.1) is 0 Å². The fourth-order valence-electron chi connectivity index (χ4n) is 0.735. The third kappa shape index (κ3) is 3.69. The van der Waals surface area contributed by atoms with Gasteiger partial charge in [-0.15, -0.1) is 4.41 Å². The van der Waals surface area contributed by atoms with Crippen LogP contribution in [-0.4, -0.2) is 25.1 Å². The zero-order valence-electron chi connectivity index (χ0n) is 7.08. The Morgan fingerprint density at radius 3 is 2.18 bits per heavy atom. The highest BCUT2D eigenvalue weighted by Crippen LogP contribution is 1.97. The van der Waals surface area contributed by atoms with Crippen molar-refractivity contribution in [2.24, 2.45) is 5.84 Å². The molecule has 0 bridgehead atoms. The highest BCUT2D eigenvalue weighted by Gasteiger charge is 2.15. The van der Waals surface area contributed by atoms with Crippen molar-refractivity contribution in [1.29, 1.82) is 0 Å². The predicted octanol–water partition coefficient (Wildman–Crippen LogP) is 0.312. The van der Waals surface area contributed by atoms with Gasteiger partial charge in [-0.25, -0.2) is 8.42 Å². The molecule has 0 saturated heterocycles. The summed E-state index contributed by atoms with van der Waals surface area (Å²) in [5, 5.41) is 0. The number of hydrazine groups is 1. The SMILES string of the molecule is CCCN(N)S(=O)(=O)CCC. The molecule has 0 fully saturated rings. The number of rotatable bonds is 5. The molecule has 0 unspecified atom stereocenters. The molecule has 0 rings (SSSR count). The van der Waals surface area contributed by atoms with E-state index in [0.29, 0.717) is 13.0 Å². The van der Waals surface area contributed by atoms with Crippen LogP contribution >= 0.6 is 0 Å². The summed E-state index contributed by atoms with van der Waals surface area (Å²) < 4.78 is 23.2. The molecule has 0 saturated carbocycles. The second-order valence-electron chi connectivity index (χ2n) is 2.43. The first-order valence-corrected chi connectivity index (χ1v) is 5.40. The van der Waals surface area contributed by atoms with Gasteiger partial charge >= 0.3 is 0 Å². The average molecular weight is 180 g/mol. The lowest BCUT2D eigenvalue weighted by Gasteiger charge is -2.14. The molecule has 0 aromatic carbocycles. The predicted molar refractivity (Wildman–Crippen MR) is 45.3 cm³/mol. The highest BCUT2D eigenvalue weighted by atomic mass is 32.2. The molecule has 0 aromatic rings. The highest BCUT2D eigenvalue weighted by molar-refractivity contribution is 7.89. The van der Waals surface area contributed by atoms with Crippen LogP contribution < -0.4 is 5.84 Å². The molecule has 0 atom stereocenters. The second-order valence-corrected chi connectivity index (χ2v) is 4.47. The molecular weight excluding hydrogens is 164 g/mol. The summed E-state index contributed by atoms with van der Waals surface area (Å²) in [6.45, 7) is 4.11. The van der Waals surface area contributed by atoms with Gasteiger partial charge in [0.15, 0.2) is 0 Å². The van der Waals surface area contributed by atoms with E-state index in [0.717, 1.165) is 10.8 Å². The molecule has 4 nitrogen and oxygen atoms in total. The van der Waals surface area contributed by atoms with Crippen molar-refractivity contribution in [2.75, 3.05) is 12.3 Å². The van der Waals surface area contributed by atoms with E-state index in [9.17, 15) is 8.42 Å². The molecule has 0 radical (unpaired) electrons. The first kappa shape index (κ1) is 10.9. The molecule has 11 heavy (non-hydrogen) atoms. The fourth-order valence-corrected chi connectivity index (χ4v) is 1.95. The van der Waals surface area contributed by atoms with Crippen molar-refractivity contribution in [3.05, 3.63) is 0 Å². The van der Waals surface area contributed by atoms with Gasteiger partial charge in [-0.2, -0.15) is 0 Å². The zero-order valence-corrected chi connectivity index (χ0v) is 7.89. The van der Waals surface area contributed by atoms with E-state index in [1.807, 2.05) is 13.8 Å². The standard InChI is InChI=1S/C6H16N2O2S/c1-3-5-8(7)11(9,10)6-4-2/h3-7H2,1-2H3. The van der Waals surface area contributed by atoms with Crippen molar-refractivity contribution in [3.8, 4) is 0 Å². The van der Waals surface area contributed by atoms with E-state index < -0.39 is 10.0 Å². The van der Waals surface area contributed by atoms with Crippen LogP contribution in [0.4, 0.5) is 0 Å². The smallest absolute Gasteiger partial charge is 0.226 e. The minimum atomic E-state index is -3.16. The molecule has 0 aromatic heterocycles. The van der Waals surface area contributed by atoms with Crippen molar-refractivity contribution < 1.29 is 8.42 Å². The Kier molecular flexibility index (Phi) is 4.63. The average Bonchev–Trinajstić information content (AvgIpc) is 1.88. The van der Waals surface area contributed by atoms with Crippen molar-refractivity contribution in [3.63, 3.8) is 0 Å². The molecule has 0 aliphatic heterocycles. The number of hydrogen-bond donors (Lipinski definition) is 1. The molecular formula is C6H16N2O2S. The number of sulfonamides is 1. The molecule has 0 aliphatic rings. The van der Waals surface area contributed by atoms with Gasteiger partial charge in [-0.3, -0.25) is 5.84 Å². The van der Waals surface area contributed by atoms with Gasteiger partial charge in [0.2, 0.25) is 10.0 Å². The van der Waals surface area contributed by atoms with Gasteiger partial charge in [0.25, 0.3) is 0 Å². The monoisotopic (exact) mass is 180 g/mol. The Balaban J connectivity index is 4.07. The van der Waals surface area contributed by atoms with Crippen LogP contribution in [0.1, 0.15) is 26.7 Å². The van der Waals surface area contributed by atoms with Crippen molar-refractivity contribution in [2.45, 2.75) is 26.7 Å². The maximum atomic E-state index is 11.1. The Bertz CT molecular complexity index is 189. The quantitative estimate of drug-likeness (QED) is 0.489. The van der Waals surface area contributed by atoms with Crippen LogP contribution in [0.25, 0.3) is 0 Å². The third-order valence-corrected chi connectivity index (χ3v) is 3.08. The number of nitrogens with two attached hydrogens (primary N) is 1. The van der Waals surface area contributed by atoms with Gasteiger partial charge in [-0.1, -0.05) is 13.8 Å². The van der Waals surface area contributed by atoms with Crippen LogP contribution in [0.3, 0.4) is 0 Å². The van der Waals surface area contributed by atoms with Gasteiger partial charge in [0.1, 0.15) is 0 Å². The molecule has 0 heterocycles. The molecule has 0 amide bonds. The summed E-state index contributed by atoms with van der Waals surface area (Å²) in [7, 11) is -3.16. The van der Waals surface area contributed by atoms with Crippen molar-refractivity contribution in [1.82, 2.24) is 4.41 Å². The van der Waals surface area contributed by atoms with E-state index in [1.165, 1.54) is 0 Å². The minimum Gasteiger partial charge on any atom is -0.255 e. The van der Waals surface area contributed by atoms with E-state index in [1.54, 1.807) is 0 Å². The molecule has 0 aliphatic carbocycles. The largest absolute Gasteiger partial charge is 0.255 e. The summed E-state index contributed by atoms with van der Waals surface area (Å²) in [4.78, 5) is 0. The van der Waals surface area contributed by atoms with E-state index in [-0.39, 0.29) is 5.75 Å². The molecule has 0 spiro atoms. The van der Waals surface area contributed by atoms with Crippen LogP contribution in [0.2, 0.25) is 0 Å². The summed E-state index contributed by atoms with van der Waals surface area (Å²) in [5.41, 5.74) is 0. The van der Waals surface area contributed by atoms with Gasteiger partial charge in [-0.05, 0) is 12.8 Å². The lowest BCUT2D eigenvalue weighted by Crippen LogP contribution is -2.39. The maximum absolute atomic E-state index is 11.1. The van der Waals surface area contributed by atoms with E-state index in [4.69, 9.17) is 5.84 Å². The topological polar surface area (TPSA) is 63.4 Å². The first-order valence-electron chi connectivity index (χ1n) is 3.79. The zero-order chi connectivity index (χ0) is 8.91. The molecule has 5 heteroatoms. The lowest BCUT2D eigenvalue weighted by atomic mass is 10.5. The van der Waals surface area contributed by atoms with E-state index in [2.05, 4.69) is 0 Å². The Labute approximate surface area is 68.4 Å². The lowest BCUT2D eigenvalue weighted by molar-refractivity contribution is 0.425. The summed E-state index contributed by atoms with van der Waals surface area (Å²) in [6, 6.07) is 0.